The van der Waals surface area contributed by atoms with Gasteiger partial charge in [0.05, 0.1) is 18.6 Å². The Balaban J connectivity index is 1.42. The Morgan fingerprint density at radius 2 is 1.83 bits per heavy atom. The quantitative estimate of drug-likeness (QED) is 0.542. The molecule has 7 nitrogen and oxygen atoms in total. The first-order valence-corrected chi connectivity index (χ1v) is 9.85. The number of ether oxygens (including phenoxy) is 2. The van der Waals surface area contributed by atoms with E-state index in [1.165, 1.54) is 0 Å². The van der Waals surface area contributed by atoms with Crippen LogP contribution in [0, 0.1) is 0 Å². The Kier molecular flexibility index (Phi) is 4.77. The van der Waals surface area contributed by atoms with Crippen LogP contribution in [0.4, 0.5) is 5.95 Å². The van der Waals surface area contributed by atoms with Crippen LogP contribution in [-0.4, -0.2) is 28.2 Å². The first kappa shape index (κ1) is 18.2. The van der Waals surface area contributed by atoms with Gasteiger partial charge in [-0.1, -0.05) is 36.4 Å². The van der Waals surface area contributed by atoms with E-state index >= 15 is 0 Å². The van der Waals surface area contributed by atoms with Gasteiger partial charge in [-0.3, -0.25) is 9.78 Å². The molecule has 0 saturated heterocycles. The zero-order chi connectivity index (χ0) is 20.3. The first-order chi connectivity index (χ1) is 14.8. The summed E-state index contributed by atoms with van der Waals surface area (Å²) in [7, 11) is 0. The number of H-pyrrole nitrogens is 1. The standard InChI is InChI=1S/C23H20N4O3/c28-22-20-17(16-5-2-1-3-6-16)9-10-24-21(20)26-23(27-22)25-14-15-7-8-18-19(13-15)30-12-4-11-29-18/h1-3,5-10,13H,4,11-12,14H2,(H2,24,25,26,27,28). The third kappa shape index (κ3) is 3.57. The van der Waals surface area contributed by atoms with E-state index in [1.807, 2.05) is 54.6 Å². The van der Waals surface area contributed by atoms with Crippen LogP contribution < -0.4 is 20.3 Å². The van der Waals surface area contributed by atoms with E-state index in [9.17, 15) is 4.79 Å². The Bertz CT molecular complexity index is 1250. The summed E-state index contributed by atoms with van der Waals surface area (Å²) >= 11 is 0. The number of hydrogen-bond acceptors (Lipinski definition) is 6. The monoisotopic (exact) mass is 400 g/mol. The number of hydrogen-bond donors (Lipinski definition) is 2. The molecule has 150 valence electrons. The second-order valence-electron chi connectivity index (χ2n) is 7.02. The molecule has 0 amide bonds. The third-order valence-electron chi connectivity index (χ3n) is 4.96. The Morgan fingerprint density at radius 3 is 2.70 bits per heavy atom. The van der Waals surface area contributed by atoms with Gasteiger partial charge < -0.3 is 14.8 Å². The molecule has 7 heteroatoms. The van der Waals surface area contributed by atoms with Crippen molar-refractivity contribution in [2.75, 3.05) is 18.5 Å². The molecule has 1 aliphatic heterocycles. The molecule has 0 radical (unpaired) electrons. The molecule has 1 aliphatic rings. The molecule has 0 aliphatic carbocycles. The highest BCUT2D eigenvalue weighted by Gasteiger charge is 2.13. The summed E-state index contributed by atoms with van der Waals surface area (Å²) in [4.78, 5) is 24.5. The molecule has 0 atom stereocenters. The summed E-state index contributed by atoms with van der Waals surface area (Å²) in [5, 5.41) is 3.65. The number of aromatic amines is 1. The van der Waals surface area contributed by atoms with Crippen LogP contribution in [0.5, 0.6) is 11.5 Å². The molecule has 30 heavy (non-hydrogen) atoms. The summed E-state index contributed by atoms with van der Waals surface area (Å²) in [5.74, 6) is 1.87. The fourth-order valence-electron chi connectivity index (χ4n) is 3.51. The lowest BCUT2D eigenvalue weighted by Gasteiger charge is -2.11. The second kappa shape index (κ2) is 7.87. The molecule has 0 saturated carbocycles. The predicted octanol–water partition coefficient (Wildman–Crippen LogP) is 3.76. The molecule has 0 fully saturated rings. The molecule has 2 aromatic heterocycles. The van der Waals surface area contributed by atoms with Crippen molar-refractivity contribution in [1.29, 1.82) is 0 Å². The number of aromatic nitrogens is 3. The van der Waals surface area contributed by atoms with Crippen LogP contribution in [0.15, 0.2) is 65.6 Å². The van der Waals surface area contributed by atoms with E-state index < -0.39 is 0 Å². The van der Waals surface area contributed by atoms with E-state index in [-0.39, 0.29) is 5.56 Å². The number of anilines is 1. The maximum Gasteiger partial charge on any atom is 0.262 e. The van der Waals surface area contributed by atoms with Crippen molar-refractivity contribution < 1.29 is 9.47 Å². The van der Waals surface area contributed by atoms with Crippen molar-refractivity contribution in [3.8, 4) is 22.6 Å². The lowest BCUT2D eigenvalue weighted by Crippen LogP contribution is -2.14. The van der Waals surface area contributed by atoms with E-state index in [0.29, 0.717) is 36.7 Å². The molecule has 0 unspecified atom stereocenters. The number of nitrogens with one attached hydrogen (secondary N) is 2. The van der Waals surface area contributed by atoms with Gasteiger partial charge in [0, 0.05) is 19.2 Å². The second-order valence-corrected chi connectivity index (χ2v) is 7.02. The maximum absolute atomic E-state index is 12.8. The van der Waals surface area contributed by atoms with E-state index in [4.69, 9.17) is 9.47 Å². The fourth-order valence-corrected chi connectivity index (χ4v) is 3.51. The average Bonchev–Trinajstić information content (AvgIpc) is 3.03. The van der Waals surface area contributed by atoms with Gasteiger partial charge in [0.2, 0.25) is 5.95 Å². The van der Waals surface area contributed by atoms with E-state index in [2.05, 4.69) is 20.3 Å². The molecular formula is C23H20N4O3. The fraction of sp³-hybridized carbons (Fsp3) is 0.174. The molecule has 4 aromatic rings. The molecule has 2 aromatic carbocycles. The summed E-state index contributed by atoms with van der Waals surface area (Å²) < 4.78 is 11.4. The summed E-state index contributed by atoms with van der Waals surface area (Å²) in [6.45, 7) is 1.77. The zero-order valence-corrected chi connectivity index (χ0v) is 16.2. The number of pyridine rings is 1. The van der Waals surface area contributed by atoms with Crippen molar-refractivity contribution in [3.05, 3.63) is 76.7 Å². The van der Waals surface area contributed by atoms with Crippen LogP contribution in [0.2, 0.25) is 0 Å². The molecule has 2 N–H and O–H groups in total. The Hall–Kier alpha value is -3.87. The highest BCUT2D eigenvalue weighted by Crippen LogP contribution is 2.30. The van der Waals surface area contributed by atoms with Crippen LogP contribution >= 0.6 is 0 Å². The third-order valence-corrected chi connectivity index (χ3v) is 4.96. The van der Waals surface area contributed by atoms with Crippen molar-refractivity contribution in [3.63, 3.8) is 0 Å². The first-order valence-electron chi connectivity index (χ1n) is 9.85. The van der Waals surface area contributed by atoms with Crippen LogP contribution in [0.1, 0.15) is 12.0 Å². The maximum atomic E-state index is 12.8. The van der Waals surface area contributed by atoms with Crippen LogP contribution in [0.25, 0.3) is 22.2 Å². The number of rotatable bonds is 4. The van der Waals surface area contributed by atoms with E-state index in [0.717, 1.165) is 34.6 Å². The number of nitrogens with zero attached hydrogens (tertiary/aromatic N) is 2. The number of fused-ring (bicyclic) bond motifs is 2. The minimum atomic E-state index is -0.229. The summed E-state index contributed by atoms with van der Waals surface area (Å²) in [6, 6.07) is 17.4. The zero-order valence-electron chi connectivity index (χ0n) is 16.2. The molecule has 0 spiro atoms. The summed E-state index contributed by atoms with van der Waals surface area (Å²) in [5.41, 5.74) is 2.93. The lowest BCUT2D eigenvalue weighted by molar-refractivity contribution is 0.297. The Morgan fingerprint density at radius 1 is 1.00 bits per heavy atom. The minimum Gasteiger partial charge on any atom is -0.490 e. The van der Waals surface area contributed by atoms with Crippen molar-refractivity contribution in [1.82, 2.24) is 15.0 Å². The minimum absolute atomic E-state index is 0.229. The largest absolute Gasteiger partial charge is 0.490 e. The highest BCUT2D eigenvalue weighted by molar-refractivity contribution is 5.92. The van der Waals surface area contributed by atoms with E-state index in [1.54, 1.807) is 6.20 Å². The van der Waals surface area contributed by atoms with Crippen molar-refractivity contribution in [2.45, 2.75) is 13.0 Å². The molecule has 5 rings (SSSR count). The van der Waals surface area contributed by atoms with Crippen molar-refractivity contribution in [2.24, 2.45) is 0 Å². The molecule has 3 heterocycles. The van der Waals surface area contributed by atoms with Gasteiger partial charge in [-0.2, -0.15) is 4.98 Å². The van der Waals surface area contributed by atoms with Gasteiger partial charge >= 0.3 is 0 Å². The van der Waals surface area contributed by atoms with Gasteiger partial charge in [0.1, 0.15) is 0 Å². The van der Waals surface area contributed by atoms with Gasteiger partial charge in [-0.25, -0.2) is 4.98 Å². The normalized spacial score (nSPS) is 13.1. The number of benzene rings is 2. The lowest BCUT2D eigenvalue weighted by atomic mass is 10.0. The molecule has 0 bridgehead atoms. The van der Waals surface area contributed by atoms with Crippen LogP contribution in [0.3, 0.4) is 0 Å². The smallest absolute Gasteiger partial charge is 0.262 e. The SMILES string of the molecule is O=c1[nH]c(NCc2ccc3c(c2)OCCCO3)nc2nccc(-c3ccccc3)c12. The topological polar surface area (TPSA) is 89.1 Å². The predicted molar refractivity (Wildman–Crippen MR) is 115 cm³/mol. The average molecular weight is 400 g/mol. The summed E-state index contributed by atoms with van der Waals surface area (Å²) in [6.07, 6.45) is 2.53. The van der Waals surface area contributed by atoms with Gasteiger partial charge in [-0.15, -0.1) is 0 Å². The Labute approximate surface area is 172 Å². The van der Waals surface area contributed by atoms with Crippen LogP contribution in [-0.2, 0) is 6.54 Å². The molecular weight excluding hydrogens is 380 g/mol. The van der Waals surface area contributed by atoms with Crippen molar-refractivity contribution >= 4 is 17.0 Å². The van der Waals surface area contributed by atoms with Gasteiger partial charge in [0.25, 0.3) is 5.56 Å². The highest BCUT2D eigenvalue weighted by atomic mass is 16.5. The van der Waals surface area contributed by atoms with Gasteiger partial charge in [-0.05, 0) is 34.9 Å². The van der Waals surface area contributed by atoms with Gasteiger partial charge in [0.15, 0.2) is 17.1 Å².